The van der Waals surface area contributed by atoms with Gasteiger partial charge in [-0.25, -0.2) is 0 Å². The van der Waals surface area contributed by atoms with Crippen LogP contribution >= 0.6 is 0 Å². The van der Waals surface area contributed by atoms with Crippen molar-refractivity contribution >= 4 is 11.9 Å². The van der Waals surface area contributed by atoms with E-state index in [9.17, 15) is 9.59 Å². The molecule has 0 unspecified atom stereocenters. The van der Waals surface area contributed by atoms with Crippen LogP contribution in [0.4, 0.5) is 0 Å². The zero-order chi connectivity index (χ0) is 24.4. The van der Waals surface area contributed by atoms with Crippen molar-refractivity contribution in [2.45, 2.75) is 110 Å². The maximum Gasteiger partial charge on any atom is 0.306 e. The molecule has 0 bridgehead atoms. The van der Waals surface area contributed by atoms with Gasteiger partial charge in [-0.1, -0.05) is 96.9 Å². The van der Waals surface area contributed by atoms with Crippen LogP contribution < -0.4 is 0 Å². The van der Waals surface area contributed by atoms with Crippen molar-refractivity contribution in [3.05, 3.63) is 0 Å². The van der Waals surface area contributed by atoms with E-state index in [1.165, 1.54) is 0 Å². The molecular formula is C26H50O4. The van der Waals surface area contributed by atoms with Gasteiger partial charge in [0.15, 0.2) is 0 Å². The lowest BCUT2D eigenvalue weighted by Crippen LogP contribution is -2.46. The largest absolute Gasteiger partial charge is 0.462 e. The SMILES string of the molecule is CC(C)(C)C(C)(CC(=O)OCCOC(=O)CC(C)(C(C)(C)C)C(C)(C)C)C(C)(C)C. The van der Waals surface area contributed by atoms with Gasteiger partial charge < -0.3 is 9.47 Å². The smallest absolute Gasteiger partial charge is 0.306 e. The van der Waals surface area contributed by atoms with Crippen LogP contribution in [0.15, 0.2) is 0 Å². The first-order valence-corrected chi connectivity index (χ1v) is 11.3. The first-order chi connectivity index (χ1) is 13.0. The van der Waals surface area contributed by atoms with E-state index < -0.39 is 0 Å². The Kier molecular flexibility index (Phi) is 8.88. The molecule has 0 radical (unpaired) electrons. The Bertz CT molecular complexity index is 506. The summed E-state index contributed by atoms with van der Waals surface area (Å²) in [6, 6.07) is 0. The highest BCUT2D eigenvalue weighted by Crippen LogP contribution is 2.54. The van der Waals surface area contributed by atoms with Gasteiger partial charge in [0.2, 0.25) is 0 Å². The lowest BCUT2D eigenvalue weighted by Gasteiger charge is -2.51. The Hall–Kier alpha value is -1.06. The zero-order valence-corrected chi connectivity index (χ0v) is 22.5. The van der Waals surface area contributed by atoms with Gasteiger partial charge in [0.05, 0.1) is 12.8 Å². The average Bonchev–Trinajstić information content (AvgIpc) is 2.46. The third kappa shape index (κ3) is 6.72. The number of ether oxygens (including phenoxy) is 2. The third-order valence-corrected chi connectivity index (χ3v) is 8.23. The van der Waals surface area contributed by atoms with E-state index >= 15 is 0 Å². The van der Waals surface area contributed by atoms with Gasteiger partial charge in [-0.15, -0.1) is 0 Å². The molecule has 0 saturated carbocycles. The van der Waals surface area contributed by atoms with E-state index in [2.05, 4.69) is 96.9 Å². The normalized spacial score (nSPS) is 14.5. The molecule has 4 nitrogen and oxygen atoms in total. The van der Waals surface area contributed by atoms with Crippen molar-refractivity contribution in [3.63, 3.8) is 0 Å². The summed E-state index contributed by atoms with van der Waals surface area (Å²) in [5, 5.41) is 0. The van der Waals surface area contributed by atoms with E-state index in [-0.39, 0.29) is 57.6 Å². The molecule has 0 rings (SSSR count). The number of hydrogen-bond acceptors (Lipinski definition) is 4. The molecule has 0 aromatic rings. The molecule has 0 N–H and O–H groups in total. The lowest BCUT2D eigenvalue weighted by molar-refractivity contribution is -0.161. The number of hydrogen-bond donors (Lipinski definition) is 0. The molecule has 0 aliphatic heterocycles. The molecule has 0 atom stereocenters. The Balaban J connectivity index is 4.83. The molecule has 178 valence electrons. The van der Waals surface area contributed by atoms with Crippen LogP contribution in [0.5, 0.6) is 0 Å². The summed E-state index contributed by atoms with van der Waals surface area (Å²) in [5.41, 5.74) is -0.672. The fourth-order valence-electron chi connectivity index (χ4n) is 4.30. The molecule has 0 aromatic carbocycles. The minimum Gasteiger partial charge on any atom is -0.462 e. The van der Waals surface area contributed by atoms with E-state index in [1.807, 2.05) is 0 Å². The summed E-state index contributed by atoms with van der Waals surface area (Å²) >= 11 is 0. The predicted molar refractivity (Wildman–Crippen MR) is 125 cm³/mol. The monoisotopic (exact) mass is 426 g/mol. The highest BCUT2D eigenvalue weighted by Gasteiger charge is 2.49. The van der Waals surface area contributed by atoms with Gasteiger partial charge in [0.25, 0.3) is 0 Å². The van der Waals surface area contributed by atoms with Crippen molar-refractivity contribution in [2.75, 3.05) is 13.2 Å². The summed E-state index contributed by atoms with van der Waals surface area (Å²) in [6.45, 7) is 30.4. The number of carbonyl (C=O) groups is 2. The van der Waals surface area contributed by atoms with Crippen LogP contribution in [-0.2, 0) is 19.1 Å². The van der Waals surface area contributed by atoms with Crippen molar-refractivity contribution in [1.82, 2.24) is 0 Å². The second-order valence-electron chi connectivity index (χ2n) is 13.5. The molecule has 0 saturated heterocycles. The zero-order valence-electron chi connectivity index (χ0n) is 22.5. The highest BCUT2D eigenvalue weighted by atomic mass is 16.6. The summed E-state index contributed by atoms with van der Waals surface area (Å²) in [5.74, 6) is -0.486. The van der Waals surface area contributed by atoms with Crippen LogP contribution in [0.25, 0.3) is 0 Å². The third-order valence-electron chi connectivity index (χ3n) is 8.23. The molecule has 0 heterocycles. The molecule has 0 aliphatic carbocycles. The first kappa shape index (κ1) is 28.9. The first-order valence-electron chi connectivity index (χ1n) is 11.3. The average molecular weight is 427 g/mol. The van der Waals surface area contributed by atoms with Gasteiger partial charge in [0.1, 0.15) is 13.2 Å². The van der Waals surface area contributed by atoms with Crippen LogP contribution in [0.1, 0.15) is 110 Å². The van der Waals surface area contributed by atoms with Gasteiger partial charge in [-0.3, -0.25) is 9.59 Å². The summed E-state index contributed by atoms with van der Waals surface area (Å²) in [6.07, 6.45) is 0.667. The summed E-state index contributed by atoms with van der Waals surface area (Å²) in [4.78, 5) is 25.1. The fourth-order valence-corrected chi connectivity index (χ4v) is 4.30. The molecule has 30 heavy (non-hydrogen) atoms. The van der Waals surface area contributed by atoms with Gasteiger partial charge >= 0.3 is 11.9 Å². The minimum absolute atomic E-state index is 0.0545. The fraction of sp³-hybridized carbons (Fsp3) is 0.923. The van der Waals surface area contributed by atoms with Crippen molar-refractivity contribution in [2.24, 2.45) is 32.5 Å². The van der Waals surface area contributed by atoms with Gasteiger partial charge in [-0.05, 0) is 32.5 Å². The standard InChI is InChI=1S/C26H50O4/c1-21(2,3)25(13,22(4,5)6)17-19(27)29-15-16-30-20(28)18-26(14,23(7,8)9)24(10,11)12/h15-18H2,1-14H3. The topological polar surface area (TPSA) is 52.6 Å². The maximum absolute atomic E-state index is 12.5. The van der Waals surface area contributed by atoms with Gasteiger partial charge in [-0.2, -0.15) is 0 Å². The van der Waals surface area contributed by atoms with E-state index in [0.717, 1.165) is 0 Å². The Labute approximate surface area is 186 Å². The number of carbonyl (C=O) groups excluding carboxylic acids is 2. The molecule has 4 heteroatoms. The second kappa shape index (κ2) is 9.20. The molecule has 0 spiro atoms. The highest BCUT2D eigenvalue weighted by molar-refractivity contribution is 5.71. The van der Waals surface area contributed by atoms with E-state index in [1.54, 1.807) is 0 Å². The molecule has 0 fully saturated rings. The predicted octanol–water partition coefficient (Wildman–Crippen LogP) is 7.05. The molecular weight excluding hydrogens is 376 g/mol. The lowest BCUT2D eigenvalue weighted by atomic mass is 9.54. The van der Waals surface area contributed by atoms with Crippen LogP contribution in [0, 0.1) is 32.5 Å². The second-order valence-corrected chi connectivity index (χ2v) is 13.5. The van der Waals surface area contributed by atoms with E-state index in [0.29, 0.717) is 12.8 Å². The molecule has 0 aromatic heterocycles. The van der Waals surface area contributed by atoms with Crippen LogP contribution in [0.2, 0.25) is 0 Å². The Morgan fingerprint density at radius 2 is 0.667 bits per heavy atom. The van der Waals surface area contributed by atoms with Crippen molar-refractivity contribution in [3.8, 4) is 0 Å². The van der Waals surface area contributed by atoms with Crippen molar-refractivity contribution < 1.29 is 19.1 Å². The minimum atomic E-state index is -0.243. The number of rotatable bonds is 7. The van der Waals surface area contributed by atoms with Crippen LogP contribution in [0.3, 0.4) is 0 Å². The van der Waals surface area contributed by atoms with Crippen LogP contribution in [-0.4, -0.2) is 25.2 Å². The molecule has 0 amide bonds. The number of esters is 2. The maximum atomic E-state index is 12.5. The Morgan fingerprint density at radius 3 is 0.833 bits per heavy atom. The molecule has 0 aliphatic rings. The van der Waals surface area contributed by atoms with Crippen molar-refractivity contribution in [1.29, 1.82) is 0 Å². The summed E-state index contributed by atoms with van der Waals surface area (Å²) in [7, 11) is 0. The summed E-state index contributed by atoms with van der Waals surface area (Å²) < 4.78 is 10.9. The van der Waals surface area contributed by atoms with E-state index in [4.69, 9.17) is 9.47 Å². The van der Waals surface area contributed by atoms with Gasteiger partial charge in [0, 0.05) is 0 Å². The Morgan fingerprint density at radius 1 is 0.467 bits per heavy atom. The quantitative estimate of drug-likeness (QED) is 0.323.